The first-order valence-corrected chi connectivity index (χ1v) is 8.17. The first kappa shape index (κ1) is 15.6. The number of rotatable bonds is 8. The third-order valence-corrected chi connectivity index (χ3v) is 4.16. The zero-order valence-electron chi connectivity index (χ0n) is 10.4. The first-order valence-electron chi connectivity index (χ1n) is 5.89. The van der Waals surface area contributed by atoms with Gasteiger partial charge in [-0.25, -0.2) is 13.1 Å². The van der Waals surface area contributed by atoms with Crippen LogP contribution in [-0.4, -0.2) is 28.2 Å². The van der Waals surface area contributed by atoms with Crippen LogP contribution in [0.3, 0.4) is 0 Å². The predicted octanol–water partition coefficient (Wildman–Crippen LogP) is 2.54. The smallest absolute Gasteiger partial charge is 0.240 e. The minimum atomic E-state index is -3.41. The molecule has 1 aromatic rings. The fraction of sp³-hybridized carbons (Fsp3) is 0.500. The fourth-order valence-corrected chi connectivity index (χ4v) is 3.01. The molecule has 0 radical (unpaired) electrons. The van der Waals surface area contributed by atoms with Crippen molar-refractivity contribution in [2.75, 3.05) is 19.8 Å². The standard InChI is InChI=1S/C12H18BrNO3S/c1-2-8-17-9-4-7-14-18(15,16)12-6-3-5-11(13)10-12/h3,5-6,10,14H,2,4,7-9H2,1H3. The molecular formula is C12H18BrNO3S. The van der Waals surface area contributed by atoms with Gasteiger partial charge in [-0.2, -0.15) is 0 Å². The van der Waals surface area contributed by atoms with E-state index in [0.29, 0.717) is 19.6 Å². The van der Waals surface area contributed by atoms with Crippen LogP contribution >= 0.6 is 15.9 Å². The van der Waals surface area contributed by atoms with Crippen LogP contribution in [0.5, 0.6) is 0 Å². The van der Waals surface area contributed by atoms with E-state index >= 15 is 0 Å². The molecule has 6 heteroatoms. The third-order valence-electron chi connectivity index (χ3n) is 2.21. The van der Waals surface area contributed by atoms with E-state index in [1.807, 2.05) is 6.92 Å². The Kier molecular flexibility index (Phi) is 6.85. The summed E-state index contributed by atoms with van der Waals surface area (Å²) in [5, 5.41) is 0. The molecule has 0 saturated heterocycles. The van der Waals surface area contributed by atoms with E-state index < -0.39 is 10.0 Å². The Morgan fingerprint density at radius 2 is 2.11 bits per heavy atom. The summed E-state index contributed by atoms with van der Waals surface area (Å²) in [6.45, 7) is 3.72. The van der Waals surface area contributed by atoms with E-state index in [1.54, 1.807) is 24.3 Å². The Bertz CT molecular complexity index is 462. The van der Waals surface area contributed by atoms with Gasteiger partial charge in [-0.05, 0) is 31.0 Å². The van der Waals surface area contributed by atoms with Gasteiger partial charge < -0.3 is 4.74 Å². The van der Waals surface area contributed by atoms with Crippen molar-refractivity contribution in [3.8, 4) is 0 Å². The third kappa shape index (κ3) is 5.48. The molecule has 4 nitrogen and oxygen atoms in total. The molecule has 0 aliphatic carbocycles. The lowest BCUT2D eigenvalue weighted by Gasteiger charge is -2.07. The Balaban J connectivity index is 2.41. The zero-order chi connectivity index (χ0) is 13.4. The van der Waals surface area contributed by atoms with E-state index in [1.165, 1.54) is 0 Å². The van der Waals surface area contributed by atoms with Crippen molar-refractivity contribution in [3.05, 3.63) is 28.7 Å². The maximum Gasteiger partial charge on any atom is 0.240 e. The molecule has 0 heterocycles. The minimum absolute atomic E-state index is 0.270. The topological polar surface area (TPSA) is 55.4 Å². The van der Waals surface area contributed by atoms with Gasteiger partial charge >= 0.3 is 0 Å². The zero-order valence-corrected chi connectivity index (χ0v) is 12.8. The van der Waals surface area contributed by atoms with Crippen LogP contribution in [0.1, 0.15) is 19.8 Å². The van der Waals surface area contributed by atoms with Crippen LogP contribution in [0.4, 0.5) is 0 Å². The second kappa shape index (κ2) is 7.89. The molecule has 0 bridgehead atoms. The summed E-state index contributed by atoms with van der Waals surface area (Å²) >= 11 is 3.25. The van der Waals surface area contributed by atoms with Gasteiger partial charge in [0.1, 0.15) is 0 Å². The lowest BCUT2D eigenvalue weighted by atomic mass is 10.4. The molecular weight excluding hydrogens is 318 g/mol. The number of hydrogen-bond acceptors (Lipinski definition) is 3. The number of halogens is 1. The van der Waals surface area contributed by atoms with Crippen molar-refractivity contribution in [3.63, 3.8) is 0 Å². The van der Waals surface area contributed by atoms with E-state index in [9.17, 15) is 8.42 Å². The number of nitrogens with one attached hydrogen (secondary N) is 1. The van der Waals surface area contributed by atoms with Gasteiger partial charge in [0, 0.05) is 24.2 Å². The average molecular weight is 336 g/mol. The monoisotopic (exact) mass is 335 g/mol. The van der Waals surface area contributed by atoms with E-state index in [2.05, 4.69) is 20.7 Å². The Morgan fingerprint density at radius 3 is 2.78 bits per heavy atom. The molecule has 0 amide bonds. The Hall–Kier alpha value is -0.430. The highest BCUT2D eigenvalue weighted by atomic mass is 79.9. The van der Waals surface area contributed by atoms with E-state index in [4.69, 9.17) is 4.74 Å². The van der Waals surface area contributed by atoms with Crippen molar-refractivity contribution < 1.29 is 13.2 Å². The SMILES string of the molecule is CCCOCCCNS(=O)(=O)c1cccc(Br)c1. The summed E-state index contributed by atoms with van der Waals surface area (Å²) < 4.78 is 32.4. The molecule has 0 fully saturated rings. The van der Waals surface area contributed by atoms with E-state index in [-0.39, 0.29) is 4.90 Å². The molecule has 0 atom stereocenters. The second-order valence-electron chi connectivity index (χ2n) is 3.82. The minimum Gasteiger partial charge on any atom is -0.381 e. The van der Waals surface area contributed by atoms with Gasteiger partial charge in [0.15, 0.2) is 0 Å². The molecule has 0 unspecified atom stereocenters. The van der Waals surface area contributed by atoms with Crippen LogP contribution in [0.25, 0.3) is 0 Å². The van der Waals surface area contributed by atoms with Gasteiger partial charge in [0.25, 0.3) is 0 Å². The highest BCUT2D eigenvalue weighted by Gasteiger charge is 2.12. The maximum absolute atomic E-state index is 11.9. The molecule has 0 saturated carbocycles. The van der Waals surface area contributed by atoms with Gasteiger partial charge in [-0.1, -0.05) is 28.9 Å². The van der Waals surface area contributed by atoms with Gasteiger partial charge in [-0.15, -0.1) is 0 Å². The summed E-state index contributed by atoms with van der Waals surface area (Å²) in [7, 11) is -3.41. The quantitative estimate of drug-likeness (QED) is 0.743. The van der Waals surface area contributed by atoms with Gasteiger partial charge in [-0.3, -0.25) is 0 Å². The summed E-state index contributed by atoms with van der Waals surface area (Å²) in [6, 6.07) is 6.64. The van der Waals surface area contributed by atoms with Gasteiger partial charge in [0.2, 0.25) is 10.0 Å². The number of sulfonamides is 1. The molecule has 1 rings (SSSR count). The Morgan fingerprint density at radius 1 is 1.33 bits per heavy atom. The lowest BCUT2D eigenvalue weighted by molar-refractivity contribution is 0.133. The van der Waals surface area contributed by atoms with Gasteiger partial charge in [0.05, 0.1) is 4.90 Å². The van der Waals surface area contributed by atoms with Crippen molar-refractivity contribution in [2.24, 2.45) is 0 Å². The number of benzene rings is 1. The summed E-state index contributed by atoms with van der Waals surface area (Å²) in [5.41, 5.74) is 0. The largest absolute Gasteiger partial charge is 0.381 e. The molecule has 0 aromatic heterocycles. The van der Waals surface area contributed by atoms with Crippen LogP contribution in [-0.2, 0) is 14.8 Å². The van der Waals surface area contributed by atoms with Crippen molar-refractivity contribution >= 4 is 26.0 Å². The summed E-state index contributed by atoms with van der Waals surface area (Å²) in [6.07, 6.45) is 1.65. The molecule has 0 aliphatic heterocycles. The first-order chi connectivity index (χ1) is 8.56. The molecule has 0 aliphatic rings. The average Bonchev–Trinajstić information content (AvgIpc) is 2.33. The molecule has 1 N–H and O–H groups in total. The van der Waals surface area contributed by atoms with Crippen LogP contribution < -0.4 is 4.72 Å². The van der Waals surface area contributed by atoms with E-state index in [0.717, 1.165) is 17.5 Å². The van der Waals surface area contributed by atoms with Crippen LogP contribution in [0.15, 0.2) is 33.6 Å². The predicted molar refractivity (Wildman–Crippen MR) is 75.1 cm³/mol. The van der Waals surface area contributed by atoms with Crippen LogP contribution in [0.2, 0.25) is 0 Å². The highest BCUT2D eigenvalue weighted by molar-refractivity contribution is 9.10. The Labute approximate surface area is 117 Å². The van der Waals surface area contributed by atoms with Crippen molar-refractivity contribution in [1.82, 2.24) is 4.72 Å². The molecule has 0 spiro atoms. The number of ether oxygens (including phenoxy) is 1. The highest BCUT2D eigenvalue weighted by Crippen LogP contribution is 2.15. The molecule has 18 heavy (non-hydrogen) atoms. The van der Waals surface area contributed by atoms with Crippen molar-refractivity contribution in [2.45, 2.75) is 24.7 Å². The lowest BCUT2D eigenvalue weighted by Crippen LogP contribution is -2.25. The second-order valence-corrected chi connectivity index (χ2v) is 6.50. The normalized spacial score (nSPS) is 11.7. The molecule has 102 valence electrons. The maximum atomic E-state index is 11.9. The van der Waals surface area contributed by atoms with Crippen LogP contribution in [0, 0.1) is 0 Å². The number of hydrogen-bond donors (Lipinski definition) is 1. The fourth-order valence-electron chi connectivity index (χ4n) is 1.34. The summed E-state index contributed by atoms with van der Waals surface area (Å²) in [5.74, 6) is 0. The van der Waals surface area contributed by atoms with Crippen molar-refractivity contribution in [1.29, 1.82) is 0 Å². The molecule has 1 aromatic carbocycles. The summed E-state index contributed by atoms with van der Waals surface area (Å²) in [4.78, 5) is 0.270.